The van der Waals surface area contributed by atoms with Crippen molar-refractivity contribution in [3.63, 3.8) is 0 Å². The van der Waals surface area contributed by atoms with Gasteiger partial charge in [-0.25, -0.2) is 0 Å². The molecule has 6 nitrogen and oxygen atoms in total. The van der Waals surface area contributed by atoms with Crippen LogP contribution < -0.4 is 16.4 Å². The fourth-order valence-corrected chi connectivity index (χ4v) is 2.42. The standard InChI is InChI=1S/C14H16N4O2/c15-10-3-1-2-8-6-11(18-13(8)10)14(20)17-9-4-5-12(19)16-7-9/h1-3,6,9,18H,4-5,7,15H2,(H,16,19)(H,17,20). The summed E-state index contributed by atoms with van der Waals surface area (Å²) in [5.41, 5.74) is 7.73. The minimum absolute atomic E-state index is 0.0241. The van der Waals surface area contributed by atoms with Crippen molar-refractivity contribution < 1.29 is 9.59 Å². The average molecular weight is 272 g/mol. The summed E-state index contributed by atoms with van der Waals surface area (Å²) in [7, 11) is 0. The Hall–Kier alpha value is -2.50. The largest absolute Gasteiger partial charge is 0.397 e. The van der Waals surface area contributed by atoms with Crippen molar-refractivity contribution in [2.24, 2.45) is 0 Å². The molecule has 104 valence electrons. The van der Waals surface area contributed by atoms with Gasteiger partial charge in [-0.3, -0.25) is 9.59 Å². The van der Waals surface area contributed by atoms with Gasteiger partial charge in [0.1, 0.15) is 5.69 Å². The number of hydrogen-bond donors (Lipinski definition) is 4. The smallest absolute Gasteiger partial charge is 0.268 e. The van der Waals surface area contributed by atoms with E-state index in [2.05, 4.69) is 15.6 Å². The molecular formula is C14H16N4O2. The lowest BCUT2D eigenvalue weighted by Crippen LogP contribution is -2.47. The maximum absolute atomic E-state index is 12.2. The lowest BCUT2D eigenvalue weighted by atomic mass is 10.1. The van der Waals surface area contributed by atoms with Crippen LogP contribution >= 0.6 is 0 Å². The van der Waals surface area contributed by atoms with Crippen LogP contribution in [0.25, 0.3) is 10.9 Å². The van der Waals surface area contributed by atoms with Gasteiger partial charge in [-0.15, -0.1) is 0 Å². The number of hydrogen-bond acceptors (Lipinski definition) is 3. The van der Waals surface area contributed by atoms with E-state index in [4.69, 9.17) is 5.73 Å². The Morgan fingerprint density at radius 3 is 2.95 bits per heavy atom. The van der Waals surface area contributed by atoms with Gasteiger partial charge >= 0.3 is 0 Å². The van der Waals surface area contributed by atoms with E-state index in [-0.39, 0.29) is 17.9 Å². The van der Waals surface area contributed by atoms with Crippen molar-refractivity contribution in [1.82, 2.24) is 15.6 Å². The molecule has 0 spiro atoms. The third-order valence-electron chi connectivity index (χ3n) is 3.53. The molecule has 1 saturated heterocycles. The van der Waals surface area contributed by atoms with Crippen molar-refractivity contribution in [3.8, 4) is 0 Å². The number of nitrogens with two attached hydrogens (primary N) is 1. The highest BCUT2D eigenvalue weighted by Crippen LogP contribution is 2.21. The fourth-order valence-electron chi connectivity index (χ4n) is 2.42. The average Bonchev–Trinajstić information content (AvgIpc) is 2.87. The summed E-state index contributed by atoms with van der Waals surface area (Å²) < 4.78 is 0. The zero-order valence-electron chi connectivity index (χ0n) is 10.9. The second-order valence-electron chi connectivity index (χ2n) is 5.01. The highest BCUT2D eigenvalue weighted by atomic mass is 16.2. The minimum atomic E-state index is -0.179. The minimum Gasteiger partial charge on any atom is -0.397 e. The van der Waals surface area contributed by atoms with Crippen LogP contribution in [-0.2, 0) is 4.79 Å². The molecule has 1 aliphatic rings. The Balaban J connectivity index is 1.75. The first kappa shape index (κ1) is 12.5. The molecule has 2 amide bonds. The fraction of sp³-hybridized carbons (Fsp3) is 0.286. The molecule has 20 heavy (non-hydrogen) atoms. The first-order chi connectivity index (χ1) is 9.63. The maximum Gasteiger partial charge on any atom is 0.268 e. The molecule has 3 rings (SSSR count). The van der Waals surface area contributed by atoms with Crippen LogP contribution in [0.3, 0.4) is 0 Å². The lowest BCUT2D eigenvalue weighted by Gasteiger charge is -2.23. The van der Waals surface area contributed by atoms with Crippen LogP contribution in [0.5, 0.6) is 0 Å². The van der Waals surface area contributed by atoms with Crippen molar-refractivity contribution in [2.45, 2.75) is 18.9 Å². The van der Waals surface area contributed by atoms with E-state index in [0.29, 0.717) is 30.8 Å². The number of piperidine rings is 1. The number of nitrogen functional groups attached to an aromatic ring is 1. The number of amides is 2. The zero-order chi connectivity index (χ0) is 14.1. The van der Waals surface area contributed by atoms with E-state index >= 15 is 0 Å². The van der Waals surface area contributed by atoms with Crippen molar-refractivity contribution in [2.75, 3.05) is 12.3 Å². The second-order valence-corrected chi connectivity index (χ2v) is 5.01. The molecule has 0 bridgehead atoms. The van der Waals surface area contributed by atoms with Gasteiger partial charge in [0, 0.05) is 24.4 Å². The third-order valence-corrected chi connectivity index (χ3v) is 3.53. The van der Waals surface area contributed by atoms with Crippen molar-refractivity contribution in [3.05, 3.63) is 30.0 Å². The number of anilines is 1. The van der Waals surface area contributed by atoms with Gasteiger partial charge in [-0.1, -0.05) is 12.1 Å². The van der Waals surface area contributed by atoms with E-state index in [1.54, 1.807) is 12.1 Å². The Morgan fingerprint density at radius 2 is 2.25 bits per heavy atom. The van der Waals surface area contributed by atoms with Gasteiger partial charge in [-0.2, -0.15) is 0 Å². The van der Waals surface area contributed by atoms with Crippen LogP contribution in [0.15, 0.2) is 24.3 Å². The number of benzene rings is 1. The van der Waals surface area contributed by atoms with E-state index in [0.717, 1.165) is 10.9 Å². The van der Waals surface area contributed by atoms with Crippen LogP contribution in [0.4, 0.5) is 5.69 Å². The molecule has 6 heteroatoms. The number of fused-ring (bicyclic) bond motifs is 1. The van der Waals surface area contributed by atoms with E-state index < -0.39 is 0 Å². The Bertz CT molecular complexity index is 667. The van der Waals surface area contributed by atoms with E-state index in [1.807, 2.05) is 12.1 Å². The second kappa shape index (κ2) is 4.88. The summed E-state index contributed by atoms with van der Waals surface area (Å²) in [6.45, 7) is 0.479. The number of nitrogens with one attached hydrogen (secondary N) is 3. The lowest BCUT2D eigenvalue weighted by molar-refractivity contribution is -0.122. The monoisotopic (exact) mass is 272 g/mol. The normalized spacial score (nSPS) is 18.8. The third kappa shape index (κ3) is 2.32. The molecule has 0 radical (unpaired) electrons. The van der Waals surface area contributed by atoms with Crippen LogP contribution in [0.2, 0.25) is 0 Å². The highest BCUT2D eigenvalue weighted by Gasteiger charge is 2.21. The molecule has 1 unspecified atom stereocenters. The molecule has 1 aromatic carbocycles. The molecule has 1 aromatic heterocycles. The zero-order valence-corrected chi connectivity index (χ0v) is 10.9. The predicted molar refractivity (Wildman–Crippen MR) is 76.2 cm³/mol. The first-order valence-corrected chi connectivity index (χ1v) is 6.58. The molecule has 0 aliphatic carbocycles. The van der Waals surface area contributed by atoms with E-state index in [1.165, 1.54) is 0 Å². The van der Waals surface area contributed by atoms with Crippen LogP contribution in [0, 0.1) is 0 Å². The number of para-hydroxylation sites is 1. The summed E-state index contributed by atoms with van der Waals surface area (Å²) in [4.78, 5) is 26.3. The number of carbonyl (C=O) groups is 2. The summed E-state index contributed by atoms with van der Waals surface area (Å²) >= 11 is 0. The number of rotatable bonds is 2. The van der Waals surface area contributed by atoms with E-state index in [9.17, 15) is 9.59 Å². The predicted octanol–water partition coefficient (Wildman–Crippen LogP) is 0.758. The quantitative estimate of drug-likeness (QED) is 0.607. The number of aromatic amines is 1. The van der Waals surface area contributed by atoms with Gasteiger partial charge in [0.05, 0.1) is 11.2 Å². The maximum atomic E-state index is 12.2. The number of H-pyrrole nitrogens is 1. The molecule has 1 fully saturated rings. The summed E-state index contributed by atoms with van der Waals surface area (Å²) in [5.74, 6) is -0.143. The molecule has 2 aromatic rings. The Labute approximate surface area is 115 Å². The SMILES string of the molecule is Nc1cccc2cc(C(=O)NC3CCC(=O)NC3)[nH]c12. The van der Waals surface area contributed by atoms with Crippen molar-refractivity contribution in [1.29, 1.82) is 0 Å². The van der Waals surface area contributed by atoms with Gasteiger partial charge < -0.3 is 21.4 Å². The summed E-state index contributed by atoms with van der Waals surface area (Å²) in [6, 6.07) is 7.30. The van der Waals surface area contributed by atoms with Crippen LogP contribution in [0.1, 0.15) is 23.3 Å². The van der Waals surface area contributed by atoms with Crippen LogP contribution in [-0.4, -0.2) is 29.4 Å². The summed E-state index contributed by atoms with van der Waals surface area (Å²) in [5, 5.41) is 6.56. The topological polar surface area (TPSA) is 100 Å². The Morgan fingerprint density at radius 1 is 1.40 bits per heavy atom. The molecule has 1 aliphatic heterocycles. The van der Waals surface area contributed by atoms with Gasteiger partial charge in [-0.05, 0) is 18.6 Å². The highest BCUT2D eigenvalue weighted by molar-refractivity contribution is 6.01. The Kier molecular flexibility index (Phi) is 3.06. The van der Waals surface area contributed by atoms with Gasteiger partial charge in [0.2, 0.25) is 5.91 Å². The van der Waals surface area contributed by atoms with Crippen molar-refractivity contribution >= 4 is 28.4 Å². The first-order valence-electron chi connectivity index (χ1n) is 6.58. The number of carbonyl (C=O) groups excluding carboxylic acids is 2. The molecule has 2 heterocycles. The molecular weight excluding hydrogens is 256 g/mol. The molecule has 0 saturated carbocycles. The summed E-state index contributed by atoms with van der Waals surface area (Å²) in [6.07, 6.45) is 1.12. The number of aromatic nitrogens is 1. The van der Waals surface area contributed by atoms with Gasteiger partial charge in [0.15, 0.2) is 0 Å². The molecule has 1 atom stereocenters. The molecule has 5 N–H and O–H groups in total. The van der Waals surface area contributed by atoms with Gasteiger partial charge in [0.25, 0.3) is 5.91 Å².